The van der Waals surface area contributed by atoms with Crippen LogP contribution in [-0.2, 0) is 17.8 Å². The van der Waals surface area contributed by atoms with Gasteiger partial charge in [0.1, 0.15) is 0 Å². The maximum absolute atomic E-state index is 11.4. The number of nitrogens with one attached hydrogen (secondary N) is 1. The molecule has 1 aromatic rings. The van der Waals surface area contributed by atoms with Crippen molar-refractivity contribution in [1.29, 1.82) is 0 Å². The summed E-state index contributed by atoms with van der Waals surface area (Å²) in [5.41, 5.74) is 1.26. The van der Waals surface area contributed by atoms with Gasteiger partial charge in [-0.05, 0) is 6.92 Å². The average molecular weight is 209 g/mol. The van der Waals surface area contributed by atoms with Crippen molar-refractivity contribution in [3.8, 4) is 0 Å². The van der Waals surface area contributed by atoms with E-state index in [1.807, 2.05) is 0 Å². The second-order valence-corrected chi connectivity index (χ2v) is 3.26. The topological polar surface area (TPSA) is 75.3 Å². The number of H-pyrrole nitrogens is 1. The Labute approximate surface area is 85.9 Å². The molecule has 6 nitrogen and oxygen atoms in total. The van der Waals surface area contributed by atoms with E-state index in [9.17, 15) is 9.59 Å². The van der Waals surface area contributed by atoms with Gasteiger partial charge >= 0.3 is 6.09 Å². The number of rotatable bonds is 1. The number of hydrogen-bond acceptors (Lipinski definition) is 4. The first-order valence-corrected chi connectivity index (χ1v) is 4.70. The zero-order valence-corrected chi connectivity index (χ0v) is 8.32. The molecule has 0 aromatic carbocycles. The molecule has 0 spiro atoms. The fraction of sp³-hybridized carbons (Fsp3) is 0.444. The molecule has 0 unspecified atom stereocenters. The van der Waals surface area contributed by atoms with Gasteiger partial charge in [-0.3, -0.25) is 9.69 Å². The van der Waals surface area contributed by atoms with Gasteiger partial charge in [-0.2, -0.15) is 5.10 Å². The predicted octanol–water partition coefficient (Wildman–Crippen LogP) is 0.242. The van der Waals surface area contributed by atoms with Gasteiger partial charge in [-0.15, -0.1) is 0 Å². The van der Waals surface area contributed by atoms with Crippen molar-refractivity contribution in [2.24, 2.45) is 0 Å². The first-order chi connectivity index (χ1) is 7.20. The molecule has 0 bridgehead atoms. The number of aromatic amines is 1. The lowest BCUT2D eigenvalue weighted by Gasteiger charge is -2.13. The van der Waals surface area contributed by atoms with Gasteiger partial charge in [0, 0.05) is 11.6 Å². The first kappa shape index (κ1) is 9.70. The lowest BCUT2D eigenvalue weighted by molar-refractivity contribution is 0.106. The smallest absolute Gasteiger partial charge is 0.410 e. The Hall–Kier alpha value is -1.85. The minimum atomic E-state index is -0.372. The molecule has 0 atom stereocenters. The molecule has 1 aliphatic rings. The van der Waals surface area contributed by atoms with E-state index in [0.717, 1.165) is 11.3 Å². The molecular formula is C9H11N3O3. The second kappa shape index (κ2) is 3.72. The number of aromatic nitrogens is 2. The molecule has 0 fully saturated rings. The van der Waals surface area contributed by atoms with Gasteiger partial charge in [0.25, 0.3) is 5.56 Å². The van der Waals surface area contributed by atoms with Crippen LogP contribution in [0.1, 0.15) is 18.2 Å². The van der Waals surface area contributed by atoms with Gasteiger partial charge in [-0.25, -0.2) is 9.89 Å². The minimum absolute atomic E-state index is 0.251. The molecule has 2 rings (SSSR count). The molecular weight excluding hydrogens is 198 g/mol. The zero-order chi connectivity index (χ0) is 10.8. The lowest BCUT2D eigenvalue weighted by atomic mass is 10.2. The van der Waals surface area contributed by atoms with E-state index < -0.39 is 0 Å². The van der Waals surface area contributed by atoms with Gasteiger partial charge in [0.2, 0.25) is 0 Å². The molecule has 1 amide bonds. The summed E-state index contributed by atoms with van der Waals surface area (Å²) in [7, 11) is 0. The van der Waals surface area contributed by atoms with Crippen LogP contribution in [-0.4, -0.2) is 27.8 Å². The number of carbonyl (C=O) groups excluding carboxylic acids is 1. The standard InChI is InChI=1S/C9H11N3O3/c1-2-15-9(14)12-4-6-3-8(13)11-10-7(6)5-12/h3H,2,4-5H2,1H3,(H,11,13). The van der Waals surface area contributed by atoms with E-state index in [1.165, 1.54) is 11.0 Å². The minimum Gasteiger partial charge on any atom is -0.450 e. The fourth-order valence-corrected chi connectivity index (χ4v) is 1.53. The van der Waals surface area contributed by atoms with Crippen LogP contribution in [0, 0.1) is 0 Å². The number of hydrogen-bond donors (Lipinski definition) is 1. The van der Waals surface area contributed by atoms with E-state index in [-0.39, 0.29) is 11.7 Å². The molecule has 6 heteroatoms. The lowest BCUT2D eigenvalue weighted by Crippen LogP contribution is -2.26. The van der Waals surface area contributed by atoms with E-state index >= 15 is 0 Å². The van der Waals surface area contributed by atoms with Crippen LogP contribution in [0.5, 0.6) is 0 Å². The first-order valence-electron chi connectivity index (χ1n) is 4.70. The Morgan fingerprint density at radius 2 is 2.47 bits per heavy atom. The van der Waals surface area contributed by atoms with Gasteiger partial charge in [-0.1, -0.05) is 0 Å². The third-order valence-electron chi connectivity index (χ3n) is 2.20. The van der Waals surface area contributed by atoms with Gasteiger partial charge < -0.3 is 4.74 Å². The third kappa shape index (κ3) is 1.83. The van der Waals surface area contributed by atoms with Gasteiger partial charge in [0.15, 0.2) is 0 Å². The van der Waals surface area contributed by atoms with E-state index in [0.29, 0.717) is 19.7 Å². The highest BCUT2D eigenvalue weighted by molar-refractivity contribution is 5.68. The fourth-order valence-electron chi connectivity index (χ4n) is 1.53. The number of fused-ring (bicyclic) bond motifs is 1. The van der Waals surface area contributed by atoms with Crippen LogP contribution in [0.2, 0.25) is 0 Å². The summed E-state index contributed by atoms with van der Waals surface area (Å²) in [6, 6.07) is 1.46. The maximum Gasteiger partial charge on any atom is 0.410 e. The number of nitrogens with zero attached hydrogens (tertiary/aromatic N) is 2. The summed E-state index contributed by atoms with van der Waals surface area (Å²) in [5.74, 6) is 0. The van der Waals surface area contributed by atoms with Crippen molar-refractivity contribution >= 4 is 6.09 Å². The largest absolute Gasteiger partial charge is 0.450 e. The Morgan fingerprint density at radius 3 is 3.20 bits per heavy atom. The van der Waals surface area contributed by atoms with Crippen molar-refractivity contribution < 1.29 is 9.53 Å². The number of ether oxygens (including phenoxy) is 1. The molecule has 2 heterocycles. The molecule has 0 saturated heterocycles. The predicted molar refractivity (Wildman–Crippen MR) is 51.1 cm³/mol. The summed E-state index contributed by atoms with van der Waals surface area (Å²) in [4.78, 5) is 23.9. The molecule has 1 aromatic heterocycles. The normalized spacial score (nSPS) is 13.8. The van der Waals surface area contributed by atoms with Crippen LogP contribution in [0.3, 0.4) is 0 Å². The van der Waals surface area contributed by atoms with E-state index in [1.54, 1.807) is 6.92 Å². The third-order valence-corrected chi connectivity index (χ3v) is 2.20. The molecule has 0 radical (unpaired) electrons. The van der Waals surface area contributed by atoms with Gasteiger partial charge in [0.05, 0.1) is 25.4 Å². The highest BCUT2D eigenvalue weighted by atomic mass is 16.6. The van der Waals surface area contributed by atoms with Crippen LogP contribution in [0.25, 0.3) is 0 Å². The zero-order valence-electron chi connectivity index (χ0n) is 8.32. The summed E-state index contributed by atoms with van der Waals surface area (Å²) in [6.07, 6.45) is -0.372. The SMILES string of the molecule is CCOC(=O)N1Cc2cc(=O)[nH]nc2C1. The Balaban J connectivity index is 2.15. The van der Waals surface area contributed by atoms with Crippen LogP contribution in [0.15, 0.2) is 10.9 Å². The Bertz CT molecular complexity index is 440. The monoisotopic (exact) mass is 209 g/mol. The molecule has 1 N–H and O–H groups in total. The highest BCUT2D eigenvalue weighted by Crippen LogP contribution is 2.18. The molecule has 15 heavy (non-hydrogen) atoms. The van der Waals surface area contributed by atoms with Crippen molar-refractivity contribution in [1.82, 2.24) is 15.1 Å². The molecule has 1 aliphatic heterocycles. The summed E-state index contributed by atoms with van der Waals surface area (Å²) < 4.78 is 4.86. The maximum atomic E-state index is 11.4. The molecule has 0 aliphatic carbocycles. The van der Waals surface area contributed by atoms with Crippen molar-refractivity contribution in [3.63, 3.8) is 0 Å². The van der Waals surface area contributed by atoms with Crippen LogP contribution in [0.4, 0.5) is 4.79 Å². The van der Waals surface area contributed by atoms with Crippen molar-refractivity contribution in [2.45, 2.75) is 20.0 Å². The average Bonchev–Trinajstić information content (AvgIpc) is 2.60. The number of amides is 1. The number of carbonyl (C=O) groups is 1. The van der Waals surface area contributed by atoms with E-state index in [2.05, 4.69) is 10.2 Å². The summed E-state index contributed by atoms with van der Waals surface area (Å²) >= 11 is 0. The molecule has 80 valence electrons. The summed E-state index contributed by atoms with van der Waals surface area (Å²) in [6.45, 7) is 2.89. The van der Waals surface area contributed by atoms with Crippen molar-refractivity contribution in [2.75, 3.05) is 6.61 Å². The van der Waals surface area contributed by atoms with E-state index in [4.69, 9.17) is 4.74 Å². The quantitative estimate of drug-likeness (QED) is 0.719. The summed E-state index contributed by atoms with van der Waals surface area (Å²) in [5, 5.41) is 6.20. The second-order valence-electron chi connectivity index (χ2n) is 3.26. The molecule has 0 saturated carbocycles. The van der Waals surface area contributed by atoms with Crippen LogP contribution >= 0.6 is 0 Å². The Morgan fingerprint density at radius 1 is 1.67 bits per heavy atom. The Kier molecular flexibility index (Phi) is 2.40. The van der Waals surface area contributed by atoms with Crippen molar-refractivity contribution in [3.05, 3.63) is 27.7 Å². The highest BCUT2D eigenvalue weighted by Gasteiger charge is 2.25. The van der Waals surface area contributed by atoms with Crippen LogP contribution < -0.4 is 5.56 Å².